The number of rotatable bonds is 7. The van der Waals surface area contributed by atoms with Gasteiger partial charge in [0.15, 0.2) is 0 Å². The number of benzene rings is 1. The molecule has 0 aliphatic carbocycles. The minimum Gasteiger partial charge on any atom is -0.480 e. The van der Waals surface area contributed by atoms with Crippen LogP contribution < -0.4 is 4.74 Å². The maximum Gasteiger partial charge on any atom is 0.387 e. The van der Waals surface area contributed by atoms with E-state index in [9.17, 15) is 22.0 Å². The Hall–Kier alpha value is -1.45. The molecule has 0 spiro atoms. The molecule has 22 heavy (non-hydrogen) atoms. The topological polar surface area (TPSA) is 83.9 Å². The SMILES string of the molecule is CC(C)N(CC(=O)O)S(=O)(=O)c1ccc(OC(F)F)c(Cl)c1. The number of carboxylic acids is 1. The van der Waals surface area contributed by atoms with Gasteiger partial charge >= 0.3 is 12.6 Å². The van der Waals surface area contributed by atoms with Crippen molar-refractivity contribution in [3.63, 3.8) is 0 Å². The lowest BCUT2D eigenvalue weighted by Gasteiger charge is -2.24. The Morgan fingerprint density at radius 2 is 2.00 bits per heavy atom. The minimum absolute atomic E-state index is 0.311. The van der Waals surface area contributed by atoms with Crippen molar-refractivity contribution >= 4 is 27.6 Å². The van der Waals surface area contributed by atoms with Gasteiger partial charge in [-0.1, -0.05) is 11.6 Å². The molecule has 0 bridgehead atoms. The zero-order valence-corrected chi connectivity index (χ0v) is 13.2. The van der Waals surface area contributed by atoms with Gasteiger partial charge in [0.05, 0.1) is 9.92 Å². The second-order valence-corrected chi connectivity index (χ2v) is 6.81. The molecule has 6 nitrogen and oxygen atoms in total. The Labute approximate surface area is 131 Å². The number of hydrogen-bond acceptors (Lipinski definition) is 4. The molecule has 1 aromatic rings. The highest BCUT2D eigenvalue weighted by molar-refractivity contribution is 7.89. The molecule has 124 valence electrons. The molecule has 10 heteroatoms. The quantitative estimate of drug-likeness (QED) is 0.810. The lowest BCUT2D eigenvalue weighted by molar-refractivity contribution is -0.137. The number of alkyl halides is 2. The average Bonchev–Trinajstić information content (AvgIpc) is 2.37. The van der Waals surface area contributed by atoms with E-state index in [1.807, 2.05) is 0 Å². The highest BCUT2D eigenvalue weighted by Crippen LogP contribution is 2.30. The number of aliphatic carboxylic acids is 1. The Morgan fingerprint density at radius 1 is 1.41 bits per heavy atom. The first-order valence-corrected chi connectivity index (χ1v) is 7.85. The van der Waals surface area contributed by atoms with Gasteiger partial charge in [-0.05, 0) is 32.0 Å². The molecule has 0 aromatic heterocycles. The summed E-state index contributed by atoms with van der Waals surface area (Å²) < 4.78 is 54.0. The third-order valence-electron chi connectivity index (χ3n) is 2.59. The molecular formula is C12H14ClF2NO5S. The van der Waals surface area contributed by atoms with Crippen LogP contribution in [0.5, 0.6) is 5.75 Å². The second kappa shape index (κ2) is 7.21. The van der Waals surface area contributed by atoms with E-state index in [1.165, 1.54) is 13.8 Å². The summed E-state index contributed by atoms with van der Waals surface area (Å²) in [4.78, 5) is 10.5. The molecule has 0 heterocycles. The number of halogens is 3. The van der Waals surface area contributed by atoms with Gasteiger partial charge in [-0.3, -0.25) is 4.79 Å². The summed E-state index contributed by atoms with van der Waals surface area (Å²) in [5, 5.41) is 8.49. The number of ether oxygens (including phenoxy) is 1. The number of sulfonamides is 1. The second-order valence-electron chi connectivity index (χ2n) is 4.51. The van der Waals surface area contributed by atoms with Crippen molar-refractivity contribution in [1.82, 2.24) is 4.31 Å². The fraction of sp³-hybridized carbons (Fsp3) is 0.417. The fourth-order valence-electron chi connectivity index (χ4n) is 1.65. The number of nitrogens with zero attached hydrogens (tertiary/aromatic N) is 1. The van der Waals surface area contributed by atoms with Crippen LogP contribution >= 0.6 is 11.6 Å². The van der Waals surface area contributed by atoms with Gasteiger partial charge in [0.1, 0.15) is 12.3 Å². The van der Waals surface area contributed by atoms with Crippen LogP contribution in [-0.4, -0.2) is 43.0 Å². The summed E-state index contributed by atoms with van der Waals surface area (Å²) in [7, 11) is -4.14. The van der Waals surface area contributed by atoms with Crippen molar-refractivity contribution < 1.29 is 31.8 Å². The van der Waals surface area contributed by atoms with Gasteiger partial charge in [0.25, 0.3) is 0 Å². The Morgan fingerprint density at radius 3 is 2.41 bits per heavy atom. The van der Waals surface area contributed by atoms with E-state index in [0.29, 0.717) is 0 Å². The summed E-state index contributed by atoms with van der Waals surface area (Å²) in [5.41, 5.74) is 0. The van der Waals surface area contributed by atoms with Crippen molar-refractivity contribution in [2.45, 2.75) is 31.4 Å². The van der Waals surface area contributed by atoms with Crippen LogP contribution in [0.2, 0.25) is 5.02 Å². The summed E-state index contributed by atoms with van der Waals surface area (Å²) in [6.07, 6.45) is 0. The molecule has 0 saturated carbocycles. The van der Waals surface area contributed by atoms with Gasteiger partial charge in [0, 0.05) is 6.04 Å². The van der Waals surface area contributed by atoms with Crippen LogP contribution in [0.25, 0.3) is 0 Å². The molecule has 0 fully saturated rings. The largest absolute Gasteiger partial charge is 0.480 e. The monoisotopic (exact) mass is 357 g/mol. The maximum absolute atomic E-state index is 12.4. The van der Waals surface area contributed by atoms with E-state index >= 15 is 0 Å². The highest BCUT2D eigenvalue weighted by Gasteiger charge is 2.29. The van der Waals surface area contributed by atoms with Crippen LogP contribution in [0, 0.1) is 0 Å². The zero-order valence-electron chi connectivity index (χ0n) is 11.7. The average molecular weight is 358 g/mol. The third kappa shape index (κ3) is 4.52. The van der Waals surface area contributed by atoms with E-state index in [2.05, 4.69) is 4.74 Å². The third-order valence-corrected chi connectivity index (χ3v) is 4.91. The van der Waals surface area contributed by atoms with Gasteiger partial charge in [-0.15, -0.1) is 0 Å². The number of hydrogen-bond donors (Lipinski definition) is 1. The zero-order chi connectivity index (χ0) is 17.1. The number of carbonyl (C=O) groups is 1. The number of carboxylic acid groups (broad SMARTS) is 1. The first-order chi connectivity index (χ1) is 10.1. The maximum atomic E-state index is 12.4. The van der Waals surface area contributed by atoms with Crippen LogP contribution in [0.3, 0.4) is 0 Å². The molecule has 1 rings (SSSR count). The van der Waals surface area contributed by atoms with Crippen molar-refractivity contribution in [2.75, 3.05) is 6.54 Å². The predicted octanol–water partition coefficient (Wildman–Crippen LogP) is 2.43. The Bertz CT molecular complexity index is 651. The van der Waals surface area contributed by atoms with E-state index in [1.54, 1.807) is 0 Å². The molecule has 0 atom stereocenters. The van der Waals surface area contributed by atoms with E-state index in [-0.39, 0.29) is 15.7 Å². The van der Waals surface area contributed by atoms with Gasteiger partial charge in [0.2, 0.25) is 10.0 Å². The molecule has 1 aromatic carbocycles. The highest BCUT2D eigenvalue weighted by atomic mass is 35.5. The van der Waals surface area contributed by atoms with E-state index < -0.39 is 35.2 Å². The van der Waals surface area contributed by atoms with Crippen molar-refractivity contribution in [3.8, 4) is 5.75 Å². The summed E-state index contributed by atoms with van der Waals surface area (Å²) in [6, 6.07) is 2.33. The summed E-state index contributed by atoms with van der Waals surface area (Å²) >= 11 is 5.71. The van der Waals surface area contributed by atoms with E-state index in [4.69, 9.17) is 16.7 Å². The van der Waals surface area contributed by atoms with Crippen molar-refractivity contribution in [3.05, 3.63) is 23.2 Å². The molecule has 0 aliphatic rings. The predicted molar refractivity (Wildman–Crippen MR) is 74.7 cm³/mol. The van der Waals surface area contributed by atoms with Gasteiger partial charge in [-0.25, -0.2) is 8.42 Å². The van der Waals surface area contributed by atoms with Crippen LogP contribution in [0.15, 0.2) is 23.1 Å². The fourth-order valence-corrected chi connectivity index (χ4v) is 3.55. The Kier molecular flexibility index (Phi) is 6.09. The normalized spacial score (nSPS) is 12.2. The first-order valence-electron chi connectivity index (χ1n) is 6.03. The smallest absolute Gasteiger partial charge is 0.387 e. The minimum atomic E-state index is -4.14. The molecule has 0 saturated heterocycles. The van der Waals surface area contributed by atoms with Crippen molar-refractivity contribution in [1.29, 1.82) is 0 Å². The molecule has 0 aliphatic heterocycles. The first kappa shape index (κ1) is 18.6. The molecule has 0 unspecified atom stereocenters. The summed E-state index contributed by atoms with van der Waals surface area (Å²) in [6.45, 7) is -0.807. The standard InChI is InChI=1S/C12H14ClF2NO5S/c1-7(2)16(6-11(17)18)22(19,20)8-3-4-10(9(13)5-8)21-12(14)15/h3-5,7,12H,6H2,1-2H3,(H,17,18). The van der Waals surface area contributed by atoms with Crippen LogP contribution in [0.1, 0.15) is 13.8 Å². The lowest BCUT2D eigenvalue weighted by Crippen LogP contribution is -2.40. The molecule has 0 radical (unpaired) electrons. The van der Waals surface area contributed by atoms with Crippen LogP contribution in [-0.2, 0) is 14.8 Å². The molecule has 0 amide bonds. The Balaban J connectivity index is 3.21. The molecular weight excluding hydrogens is 344 g/mol. The van der Waals surface area contributed by atoms with Crippen molar-refractivity contribution in [2.24, 2.45) is 0 Å². The van der Waals surface area contributed by atoms with E-state index in [0.717, 1.165) is 22.5 Å². The van der Waals surface area contributed by atoms with Crippen LogP contribution in [0.4, 0.5) is 8.78 Å². The lowest BCUT2D eigenvalue weighted by atomic mass is 10.3. The van der Waals surface area contributed by atoms with Gasteiger partial charge < -0.3 is 9.84 Å². The molecule has 1 N–H and O–H groups in total. The summed E-state index contributed by atoms with van der Waals surface area (Å²) in [5.74, 6) is -1.69. The van der Waals surface area contributed by atoms with Gasteiger partial charge in [-0.2, -0.15) is 13.1 Å².